The summed E-state index contributed by atoms with van der Waals surface area (Å²) in [6.07, 6.45) is 3.34. The molecule has 2 N–H and O–H groups in total. The molecule has 0 saturated carbocycles. The zero-order valence-electron chi connectivity index (χ0n) is 19.5. The van der Waals surface area contributed by atoms with Crippen molar-refractivity contribution in [2.75, 3.05) is 4.72 Å². The molecule has 0 radical (unpaired) electrons. The maximum absolute atomic E-state index is 13.9. The highest BCUT2D eigenvalue weighted by atomic mass is 32.2. The van der Waals surface area contributed by atoms with Gasteiger partial charge in [0.25, 0.3) is 15.9 Å². The Bertz CT molecular complexity index is 1480. The molecular weight excluding hydrogens is 467 g/mol. The first-order valence-corrected chi connectivity index (χ1v) is 12.4. The number of anilines is 1. The van der Waals surface area contributed by atoms with Gasteiger partial charge in [-0.15, -0.1) is 0 Å². The molecule has 0 aliphatic heterocycles. The fourth-order valence-corrected chi connectivity index (χ4v) is 5.14. The van der Waals surface area contributed by atoms with Crippen molar-refractivity contribution in [2.24, 2.45) is 7.05 Å². The van der Waals surface area contributed by atoms with Gasteiger partial charge in [-0.25, -0.2) is 17.8 Å². The van der Waals surface area contributed by atoms with Gasteiger partial charge in [0, 0.05) is 30.7 Å². The van der Waals surface area contributed by atoms with Crippen molar-refractivity contribution < 1.29 is 17.6 Å². The van der Waals surface area contributed by atoms with Crippen LogP contribution in [0.5, 0.6) is 0 Å². The average molecular weight is 493 g/mol. The quantitative estimate of drug-likeness (QED) is 0.397. The maximum atomic E-state index is 13.9. The summed E-state index contributed by atoms with van der Waals surface area (Å²) in [7, 11) is -2.00. The van der Waals surface area contributed by atoms with Crippen molar-refractivity contribution in [3.8, 4) is 0 Å². The van der Waals surface area contributed by atoms with Gasteiger partial charge in [-0.3, -0.25) is 9.52 Å². The fraction of sp³-hybridized carbons (Fsp3) is 0.154. The second-order valence-corrected chi connectivity index (χ2v) is 9.96. The van der Waals surface area contributed by atoms with Gasteiger partial charge < -0.3 is 9.88 Å². The Morgan fingerprint density at radius 1 is 1.03 bits per heavy atom. The summed E-state index contributed by atoms with van der Waals surface area (Å²) >= 11 is 0. The summed E-state index contributed by atoms with van der Waals surface area (Å²) in [6, 6.07) is 16.6. The Balaban J connectivity index is 1.55. The molecule has 0 bridgehead atoms. The van der Waals surface area contributed by atoms with E-state index < -0.39 is 27.8 Å². The third-order valence-electron chi connectivity index (χ3n) is 5.61. The van der Waals surface area contributed by atoms with E-state index >= 15 is 0 Å². The second-order valence-electron chi connectivity index (χ2n) is 8.31. The van der Waals surface area contributed by atoms with Crippen LogP contribution in [-0.2, 0) is 17.1 Å². The van der Waals surface area contributed by atoms with Crippen molar-refractivity contribution in [3.63, 3.8) is 0 Å². The van der Waals surface area contributed by atoms with Gasteiger partial charge in [0.2, 0.25) is 0 Å². The summed E-state index contributed by atoms with van der Waals surface area (Å²) in [5.74, 6) is -0.288. The lowest BCUT2D eigenvalue weighted by Gasteiger charge is -2.19. The molecule has 180 valence electrons. The van der Waals surface area contributed by atoms with Crippen LogP contribution in [0.1, 0.15) is 38.9 Å². The molecule has 0 aliphatic rings. The maximum Gasteiger partial charge on any atom is 0.262 e. The van der Waals surface area contributed by atoms with Gasteiger partial charge >= 0.3 is 0 Å². The number of carbonyl (C=O) groups excluding carboxylic acids is 1. The number of halogens is 1. The molecule has 4 aromatic rings. The van der Waals surface area contributed by atoms with E-state index in [0.717, 1.165) is 5.56 Å². The zero-order valence-corrected chi connectivity index (χ0v) is 20.3. The lowest BCUT2D eigenvalue weighted by molar-refractivity contribution is 0.0941. The molecule has 3 aromatic carbocycles. The fourth-order valence-electron chi connectivity index (χ4n) is 3.75. The van der Waals surface area contributed by atoms with Crippen molar-refractivity contribution >= 4 is 21.6 Å². The van der Waals surface area contributed by atoms with Crippen LogP contribution >= 0.6 is 0 Å². The van der Waals surface area contributed by atoms with Crippen LogP contribution in [0, 0.1) is 19.7 Å². The van der Waals surface area contributed by atoms with E-state index in [9.17, 15) is 17.6 Å². The number of amides is 1. The highest BCUT2D eigenvalue weighted by Crippen LogP contribution is 2.23. The Morgan fingerprint density at radius 2 is 1.77 bits per heavy atom. The largest absolute Gasteiger partial charge is 0.338 e. The molecule has 4 rings (SSSR count). The van der Waals surface area contributed by atoms with Crippen LogP contribution in [-0.4, -0.2) is 23.9 Å². The second kappa shape index (κ2) is 9.71. The smallest absolute Gasteiger partial charge is 0.262 e. The summed E-state index contributed by atoms with van der Waals surface area (Å²) in [5, 5.41) is 2.90. The number of hydrogen-bond donors (Lipinski definition) is 2. The van der Waals surface area contributed by atoms with E-state index in [4.69, 9.17) is 0 Å². The Hall–Kier alpha value is -3.98. The number of sulfonamides is 1. The minimum Gasteiger partial charge on any atom is -0.338 e. The number of hydrogen-bond acceptors (Lipinski definition) is 4. The lowest BCUT2D eigenvalue weighted by atomic mass is 10.0. The van der Waals surface area contributed by atoms with Gasteiger partial charge in [0.15, 0.2) is 0 Å². The summed E-state index contributed by atoms with van der Waals surface area (Å²) in [5.41, 5.74) is 2.66. The van der Waals surface area contributed by atoms with Crippen LogP contribution in [0.2, 0.25) is 0 Å². The summed E-state index contributed by atoms with van der Waals surface area (Å²) in [6.45, 7) is 3.56. The van der Waals surface area contributed by atoms with Crippen molar-refractivity contribution in [3.05, 3.63) is 113 Å². The van der Waals surface area contributed by atoms with Gasteiger partial charge in [-0.05, 0) is 73.0 Å². The zero-order chi connectivity index (χ0) is 25.2. The average Bonchev–Trinajstić information content (AvgIpc) is 3.24. The highest BCUT2D eigenvalue weighted by molar-refractivity contribution is 7.92. The van der Waals surface area contributed by atoms with Crippen LogP contribution in [0.3, 0.4) is 0 Å². The number of aromatic nitrogens is 2. The Labute approximate surface area is 203 Å². The minimum absolute atomic E-state index is 0.201. The number of aryl methyl sites for hydroxylation is 3. The van der Waals surface area contributed by atoms with Crippen LogP contribution < -0.4 is 10.0 Å². The predicted octanol–water partition coefficient (Wildman–Crippen LogP) is 4.50. The highest BCUT2D eigenvalue weighted by Gasteiger charge is 2.22. The van der Waals surface area contributed by atoms with Gasteiger partial charge in [0.05, 0.1) is 4.90 Å². The van der Waals surface area contributed by atoms with Gasteiger partial charge in [-0.2, -0.15) is 0 Å². The molecule has 0 aliphatic carbocycles. The Kier molecular flexibility index (Phi) is 6.70. The minimum atomic E-state index is -3.79. The molecular formula is C26H25FN4O3S. The SMILES string of the molecule is Cc1ccc(C)c(S(=O)(=O)Nc2ccc(C(=O)NC(c3cccc(F)c3)c3nccn3C)cc2)c1. The summed E-state index contributed by atoms with van der Waals surface area (Å²) in [4.78, 5) is 17.6. The number of rotatable bonds is 7. The molecule has 1 atom stereocenters. The van der Waals surface area contributed by atoms with Gasteiger partial charge in [-0.1, -0.05) is 24.3 Å². The van der Waals surface area contributed by atoms with E-state index in [1.165, 1.54) is 36.4 Å². The third kappa shape index (κ3) is 5.41. The predicted molar refractivity (Wildman–Crippen MR) is 132 cm³/mol. The molecule has 0 saturated heterocycles. The van der Waals surface area contributed by atoms with E-state index in [-0.39, 0.29) is 4.90 Å². The monoisotopic (exact) mass is 492 g/mol. The number of imidazole rings is 1. The van der Waals surface area contributed by atoms with Crippen molar-refractivity contribution in [2.45, 2.75) is 24.8 Å². The van der Waals surface area contributed by atoms with Crippen LogP contribution in [0.15, 0.2) is 84.0 Å². The Morgan fingerprint density at radius 3 is 2.43 bits per heavy atom. The van der Waals surface area contributed by atoms with E-state index in [1.54, 1.807) is 55.2 Å². The number of carbonyl (C=O) groups is 1. The van der Waals surface area contributed by atoms with E-state index in [1.807, 2.05) is 13.0 Å². The van der Waals surface area contributed by atoms with E-state index in [2.05, 4.69) is 15.0 Å². The molecule has 9 heteroatoms. The molecule has 1 unspecified atom stereocenters. The molecule has 1 amide bonds. The van der Waals surface area contributed by atoms with Crippen molar-refractivity contribution in [1.29, 1.82) is 0 Å². The van der Waals surface area contributed by atoms with Gasteiger partial charge in [0.1, 0.15) is 17.7 Å². The lowest BCUT2D eigenvalue weighted by Crippen LogP contribution is -2.31. The molecule has 1 aromatic heterocycles. The number of nitrogens with one attached hydrogen (secondary N) is 2. The standard InChI is InChI=1S/C26H25FN4O3S/c1-17-7-8-18(2)23(15-17)35(33,34)30-22-11-9-19(10-12-22)26(32)29-24(25-28-13-14-31(25)3)20-5-4-6-21(27)16-20/h4-16,24,30H,1-3H3,(H,29,32). The van der Waals surface area contributed by atoms with E-state index in [0.29, 0.717) is 28.2 Å². The number of nitrogens with zero attached hydrogens (tertiary/aromatic N) is 2. The first-order valence-electron chi connectivity index (χ1n) is 10.9. The number of benzene rings is 3. The molecule has 35 heavy (non-hydrogen) atoms. The third-order valence-corrected chi connectivity index (χ3v) is 7.13. The first-order chi connectivity index (χ1) is 16.6. The van der Waals surface area contributed by atoms with Crippen molar-refractivity contribution in [1.82, 2.24) is 14.9 Å². The topological polar surface area (TPSA) is 93.1 Å². The molecule has 7 nitrogen and oxygen atoms in total. The van der Waals surface area contributed by atoms with Crippen LogP contribution in [0.4, 0.5) is 10.1 Å². The molecule has 0 spiro atoms. The summed E-state index contributed by atoms with van der Waals surface area (Å²) < 4.78 is 43.9. The first kappa shape index (κ1) is 24.2. The molecule has 1 heterocycles. The normalized spacial score (nSPS) is 12.2. The molecule has 0 fully saturated rings. The van der Waals surface area contributed by atoms with Crippen LogP contribution in [0.25, 0.3) is 0 Å².